The monoisotopic (exact) mass is 273 g/mol. The highest BCUT2D eigenvalue weighted by Gasteiger charge is 2.31. The molecule has 5 nitrogen and oxygen atoms in total. The van der Waals surface area contributed by atoms with Crippen LogP contribution >= 0.6 is 0 Å². The van der Waals surface area contributed by atoms with Crippen LogP contribution in [0.4, 0.5) is 0 Å². The van der Waals surface area contributed by atoms with Crippen molar-refractivity contribution in [1.29, 1.82) is 0 Å². The van der Waals surface area contributed by atoms with Crippen LogP contribution in [0.1, 0.15) is 41.0 Å². The van der Waals surface area contributed by atoms with E-state index in [4.69, 9.17) is 4.74 Å². The third kappa shape index (κ3) is 6.16. The maximum absolute atomic E-state index is 12.3. The van der Waals surface area contributed by atoms with E-state index in [1.54, 1.807) is 7.05 Å². The van der Waals surface area contributed by atoms with Gasteiger partial charge in [-0.25, -0.2) is 0 Å². The van der Waals surface area contributed by atoms with Crippen LogP contribution in [-0.4, -0.2) is 47.7 Å². The minimum absolute atomic E-state index is 0.0732. The number of aliphatic hydroxyl groups excluding tert-OH is 1. The van der Waals surface area contributed by atoms with Crippen LogP contribution in [0.2, 0.25) is 0 Å². The second-order valence-electron chi connectivity index (χ2n) is 5.68. The fraction of sp³-hybridized carbons (Fsp3) is 0.857. The molecule has 0 aliphatic heterocycles. The summed E-state index contributed by atoms with van der Waals surface area (Å²) >= 11 is 0. The van der Waals surface area contributed by atoms with Gasteiger partial charge in [-0.15, -0.1) is 0 Å². The lowest BCUT2D eigenvalue weighted by atomic mass is 10.0. The van der Waals surface area contributed by atoms with E-state index in [-0.39, 0.29) is 11.8 Å². The number of aliphatic hydroxyl groups is 1. The third-order valence-electron chi connectivity index (χ3n) is 2.91. The van der Waals surface area contributed by atoms with Gasteiger partial charge >= 0.3 is 0 Å². The molecule has 0 aliphatic rings. The van der Waals surface area contributed by atoms with E-state index in [0.717, 1.165) is 6.29 Å². The Morgan fingerprint density at radius 2 is 1.79 bits per heavy atom. The first kappa shape index (κ1) is 18.1. The van der Waals surface area contributed by atoms with Crippen molar-refractivity contribution < 1.29 is 19.4 Å². The summed E-state index contributed by atoms with van der Waals surface area (Å²) in [5.41, 5.74) is 0. The van der Waals surface area contributed by atoms with Crippen molar-refractivity contribution in [1.82, 2.24) is 4.90 Å². The zero-order valence-corrected chi connectivity index (χ0v) is 12.8. The Bertz CT molecular complexity index is 289. The van der Waals surface area contributed by atoms with Gasteiger partial charge in [-0.2, -0.15) is 0 Å². The molecule has 0 saturated carbocycles. The van der Waals surface area contributed by atoms with Crippen LogP contribution in [0.15, 0.2) is 0 Å². The Hall–Kier alpha value is -0.940. The van der Waals surface area contributed by atoms with Crippen LogP contribution in [0.25, 0.3) is 0 Å². The highest BCUT2D eigenvalue weighted by molar-refractivity contribution is 5.83. The molecule has 0 heterocycles. The SMILES string of the molecule is CC(C)CC(C=O)N(C)C(=O)C(OC(C)O)C(C)C. The fourth-order valence-electron chi connectivity index (χ4n) is 1.86. The van der Waals surface area contributed by atoms with Crippen molar-refractivity contribution in [2.45, 2.75) is 59.5 Å². The van der Waals surface area contributed by atoms with E-state index in [0.29, 0.717) is 12.3 Å². The standard InChI is InChI=1S/C14H27NO4/c1-9(2)7-12(8-16)15(6)14(18)13(10(3)4)19-11(5)17/h8-13,17H,7H2,1-6H3. The molecule has 0 saturated heterocycles. The van der Waals surface area contributed by atoms with Crippen molar-refractivity contribution in [3.63, 3.8) is 0 Å². The molecule has 0 rings (SSSR count). The molecule has 5 heteroatoms. The van der Waals surface area contributed by atoms with E-state index in [2.05, 4.69) is 0 Å². The number of hydrogen-bond donors (Lipinski definition) is 1. The Morgan fingerprint density at radius 3 is 2.11 bits per heavy atom. The van der Waals surface area contributed by atoms with E-state index in [9.17, 15) is 14.7 Å². The van der Waals surface area contributed by atoms with Gasteiger partial charge in [0.15, 0.2) is 6.29 Å². The Labute approximate surface area is 115 Å². The largest absolute Gasteiger partial charge is 0.368 e. The van der Waals surface area contributed by atoms with Crippen molar-refractivity contribution in [2.75, 3.05) is 7.05 Å². The number of hydrogen-bond acceptors (Lipinski definition) is 4. The molecule has 3 atom stereocenters. The van der Waals surface area contributed by atoms with Gasteiger partial charge in [-0.05, 0) is 25.2 Å². The fourth-order valence-corrected chi connectivity index (χ4v) is 1.86. The van der Waals surface area contributed by atoms with Gasteiger partial charge < -0.3 is 19.5 Å². The highest BCUT2D eigenvalue weighted by Crippen LogP contribution is 2.15. The van der Waals surface area contributed by atoms with E-state index < -0.39 is 18.4 Å². The first-order chi connectivity index (χ1) is 8.70. The molecule has 0 aromatic heterocycles. The van der Waals surface area contributed by atoms with Crippen LogP contribution in [0.3, 0.4) is 0 Å². The topological polar surface area (TPSA) is 66.8 Å². The average molecular weight is 273 g/mol. The van der Waals surface area contributed by atoms with Crippen molar-refractivity contribution in [3.05, 3.63) is 0 Å². The summed E-state index contributed by atoms with van der Waals surface area (Å²) in [4.78, 5) is 24.9. The Morgan fingerprint density at radius 1 is 1.26 bits per heavy atom. The Kier molecular flexibility index (Phi) is 7.87. The minimum Gasteiger partial charge on any atom is -0.368 e. The molecule has 0 aromatic rings. The molecule has 0 aromatic carbocycles. The molecular formula is C14H27NO4. The lowest BCUT2D eigenvalue weighted by Crippen LogP contribution is -2.47. The molecule has 0 radical (unpaired) electrons. The van der Waals surface area contributed by atoms with Gasteiger partial charge in [0, 0.05) is 7.05 Å². The third-order valence-corrected chi connectivity index (χ3v) is 2.91. The lowest BCUT2D eigenvalue weighted by molar-refractivity contribution is -0.172. The number of rotatable bonds is 8. The van der Waals surface area contributed by atoms with E-state index in [1.165, 1.54) is 11.8 Å². The molecule has 0 fully saturated rings. The van der Waals surface area contributed by atoms with E-state index in [1.807, 2.05) is 27.7 Å². The smallest absolute Gasteiger partial charge is 0.252 e. The average Bonchev–Trinajstić information content (AvgIpc) is 2.30. The maximum atomic E-state index is 12.3. The predicted octanol–water partition coefficient (Wildman–Crippen LogP) is 1.44. The van der Waals surface area contributed by atoms with E-state index >= 15 is 0 Å². The number of nitrogens with zero attached hydrogens (tertiary/aromatic N) is 1. The summed E-state index contributed by atoms with van der Waals surface area (Å²) in [7, 11) is 1.60. The zero-order chi connectivity index (χ0) is 15.2. The van der Waals surface area contributed by atoms with Crippen LogP contribution in [0, 0.1) is 11.8 Å². The van der Waals surface area contributed by atoms with Gasteiger partial charge in [0.2, 0.25) is 0 Å². The second-order valence-corrected chi connectivity index (χ2v) is 5.68. The first-order valence-corrected chi connectivity index (χ1v) is 6.76. The number of carbonyl (C=O) groups is 2. The van der Waals surface area contributed by atoms with Gasteiger partial charge in [0.05, 0.1) is 6.04 Å². The first-order valence-electron chi connectivity index (χ1n) is 6.76. The summed E-state index contributed by atoms with van der Waals surface area (Å²) in [5.74, 6) is -0.0230. The summed E-state index contributed by atoms with van der Waals surface area (Å²) in [6, 6.07) is -0.452. The second kappa shape index (κ2) is 8.27. The van der Waals surface area contributed by atoms with Gasteiger partial charge in [0.1, 0.15) is 12.4 Å². The molecule has 0 aliphatic carbocycles. The highest BCUT2D eigenvalue weighted by atomic mass is 16.6. The van der Waals surface area contributed by atoms with Crippen molar-refractivity contribution in [3.8, 4) is 0 Å². The maximum Gasteiger partial charge on any atom is 0.252 e. The number of amides is 1. The number of ether oxygens (including phenoxy) is 1. The zero-order valence-electron chi connectivity index (χ0n) is 12.8. The molecule has 0 spiro atoms. The molecule has 1 N–H and O–H groups in total. The molecule has 19 heavy (non-hydrogen) atoms. The summed E-state index contributed by atoms with van der Waals surface area (Å²) in [5, 5.41) is 9.28. The molecule has 3 unspecified atom stereocenters. The van der Waals surface area contributed by atoms with Crippen molar-refractivity contribution in [2.24, 2.45) is 11.8 Å². The molecular weight excluding hydrogens is 246 g/mol. The summed E-state index contributed by atoms with van der Waals surface area (Å²) < 4.78 is 5.24. The summed E-state index contributed by atoms with van der Waals surface area (Å²) in [6.07, 6.45) is -0.341. The van der Waals surface area contributed by atoms with Gasteiger partial charge in [-0.3, -0.25) is 4.79 Å². The normalized spacial score (nSPS) is 16.3. The Balaban J connectivity index is 4.86. The number of aldehydes is 1. The van der Waals surface area contributed by atoms with Crippen LogP contribution in [-0.2, 0) is 14.3 Å². The molecule has 112 valence electrons. The van der Waals surface area contributed by atoms with Gasteiger partial charge in [0.25, 0.3) is 5.91 Å². The molecule has 1 amide bonds. The lowest BCUT2D eigenvalue weighted by Gasteiger charge is -2.31. The summed E-state index contributed by atoms with van der Waals surface area (Å²) in [6.45, 7) is 9.16. The van der Waals surface area contributed by atoms with Crippen molar-refractivity contribution >= 4 is 12.2 Å². The van der Waals surface area contributed by atoms with Crippen LogP contribution in [0.5, 0.6) is 0 Å². The van der Waals surface area contributed by atoms with Gasteiger partial charge in [-0.1, -0.05) is 27.7 Å². The number of carbonyl (C=O) groups excluding carboxylic acids is 2. The minimum atomic E-state index is -1.01. The molecule has 0 bridgehead atoms. The number of likely N-dealkylation sites (N-methyl/N-ethyl adjacent to an activating group) is 1. The van der Waals surface area contributed by atoms with Crippen LogP contribution < -0.4 is 0 Å². The quantitative estimate of drug-likeness (QED) is 0.537. The predicted molar refractivity (Wildman–Crippen MR) is 73.5 cm³/mol.